The summed E-state index contributed by atoms with van der Waals surface area (Å²) in [6, 6.07) is 28.6. The smallest absolute Gasteiger partial charge is 0.269 e. The molecule has 10 heteroatoms. The van der Waals surface area contributed by atoms with Crippen molar-refractivity contribution in [2.75, 3.05) is 11.5 Å². The largest absolute Gasteiger partial charge is 0.504 e. The number of amides is 2. The average Bonchev–Trinajstić information content (AvgIpc) is 3.42. The van der Waals surface area contributed by atoms with E-state index in [-0.39, 0.29) is 59.5 Å². The van der Waals surface area contributed by atoms with E-state index in [0.29, 0.717) is 22.3 Å². The number of Topliss-reactive ketones (excluding diaryl/α,β-unsaturated/α-hetero) is 1. The minimum Gasteiger partial charge on any atom is -0.504 e. The molecule has 1 saturated heterocycles. The molecule has 6 atom stereocenters. The third-order valence-corrected chi connectivity index (χ3v) is 11.3. The highest BCUT2D eigenvalue weighted by molar-refractivity contribution is 6.32. The Morgan fingerprint density at radius 2 is 1.56 bits per heavy atom. The summed E-state index contributed by atoms with van der Waals surface area (Å²) in [6.45, 7) is 2.07. The Bertz CT molecular complexity index is 2210. The first-order valence-electron chi connectivity index (χ1n) is 17.4. The number of fused-ring (bicyclic) bond motifs is 4. The zero-order valence-corrected chi connectivity index (χ0v) is 28.2. The van der Waals surface area contributed by atoms with Crippen molar-refractivity contribution in [3.05, 3.63) is 148 Å². The van der Waals surface area contributed by atoms with Gasteiger partial charge in [0.25, 0.3) is 5.69 Å². The highest BCUT2D eigenvalue weighted by atomic mass is 16.6. The number of nitro groups is 1. The second kappa shape index (κ2) is 12.6. The standard InChI is InChI=1S/C42H34N2O8/c1-2-52-34-15-9-14-30(39(34)47)37-28-20-21-29-36(41(49)43(40(29)48)26-16-18-27(19-17-26)44(50)51)32(28)22-33-38(46)31(24-10-5-3-6-11-24)23-35(45)42(33,37)25-12-7-4-8-13-25/h3-20,23,29,32-33,36-37,47H,2,21-22H2,1H3. The molecule has 1 N–H and O–H groups in total. The summed E-state index contributed by atoms with van der Waals surface area (Å²) >= 11 is 0. The third kappa shape index (κ3) is 4.77. The van der Waals surface area contributed by atoms with E-state index in [1.54, 1.807) is 49.4 Å². The second-order valence-electron chi connectivity index (χ2n) is 13.7. The van der Waals surface area contributed by atoms with Gasteiger partial charge >= 0.3 is 0 Å². The Morgan fingerprint density at radius 3 is 2.23 bits per heavy atom. The number of anilines is 1. The number of phenolic OH excluding ortho intramolecular Hbond substituents is 1. The van der Waals surface area contributed by atoms with Crippen molar-refractivity contribution in [3.8, 4) is 11.5 Å². The highest BCUT2D eigenvalue weighted by Gasteiger charge is 2.66. The van der Waals surface area contributed by atoms with Crippen LogP contribution in [0.25, 0.3) is 5.57 Å². The van der Waals surface area contributed by atoms with E-state index in [1.807, 2.05) is 42.5 Å². The topological polar surface area (TPSA) is 144 Å². The Labute approximate surface area is 299 Å². The van der Waals surface area contributed by atoms with Gasteiger partial charge in [0.2, 0.25) is 11.8 Å². The number of allylic oxidation sites excluding steroid dienone is 4. The average molecular weight is 695 g/mol. The number of benzene rings is 4. The van der Waals surface area contributed by atoms with Gasteiger partial charge in [-0.25, -0.2) is 0 Å². The van der Waals surface area contributed by atoms with Crippen LogP contribution in [0.3, 0.4) is 0 Å². The number of rotatable bonds is 7. The van der Waals surface area contributed by atoms with Gasteiger partial charge in [0.15, 0.2) is 23.1 Å². The molecule has 2 fully saturated rings. The maximum absolute atomic E-state index is 15.2. The van der Waals surface area contributed by atoms with Crippen LogP contribution in [0.5, 0.6) is 11.5 Å². The molecule has 1 saturated carbocycles. The van der Waals surface area contributed by atoms with Crippen molar-refractivity contribution < 1.29 is 33.9 Å². The molecule has 4 aliphatic rings. The number of phenols is 1. The predicted molar refractivity (Wildman–Crippen MR) is 191 cm³/mol. The van der Waals surface area contributed by atoms with E-state index >= 15 is 9.59 Å². The van der Waals surface area contributed by atoms with E-state index < -0.39 is 51.7 Å². The molecule has 1 heterocycles. The number of carbonyl (C=O) groups is 4. The first-order chi connectivity index (χ1) is 25.2. The third-order valence-electron chi connectivity index (χ3n) is 11.3. The Hall–Kier alpha value is -6.16. The molecule has 260 valence electrons. The van der Waals surface area contributed by atoms with Crippen molar-refractivity contribution in [2.45, 2.75) is 31.1 Å². The number of hydrogen-bond donors (Lipinski definition) is 1. The molecular weight excluding hydrogens is 660 g/mol. The van der Waals surface area contributed by atoms with Crippen LogP contribution < -0.4 is 9.64 Å². The van der Waals surface area contributed by atoms with Gasteiger partial charge in [0.1, 0.15) is 0 Å². The molecule has 0 spiro atoms. The van der Waals surface area contributed by atoms with Crippen molar-refractivity contribution in [1.82, 2.24) is 0 Å². The number of ether oxygens (including phenoxy) is 1. The van der Waals surface area contributed by atoms with Crippen LogP contribution in [0.2, 0.25) is 0 Å². The molecular formula is C42H34N2O8. The lowest BCUT2D eigenvalue weighted by Crippen LogP contribution is -2.58. The van der Waals surface area contributed by atoms with Crippen molar-refractivity contribution >= 4 is 40.3 Å². The minimum atomic E-state index is -1.50. The zero-order chi connectivity index (χ0) is 36.3. The summed E-state index contributed by atoms with van der Waals surface area (Å²) in [7, 11) is 0. The van der Waals surface area contributed by atoms with Gasteiger partial charge in [-0.15, -0.1) is 0 Å². The number of non-ortho nitro benzene ring substituents is 1. The van der Waals surface area contributed by atoms with E-state index in [0.717, 1.165) is 4.90 Å². The van der Waals surface area contributed by atoms with Crippen LogP contribution >= 0.6 is 0 Å². The van der Waals surface area contributed by atoms with Crippen molar-refractivity contribution in [1.29, 1.82) is 0 Å². The van der Waals surface area contributed by atoms with Crippen LogP contribution in [0.4, 0.5) is 11.4 Å². The van der Waals surface area contributed by atoms with Crippen LogP contribution in [-0.2, 0) is 24.6 Å². The molecule has 6 unspecified atom stereocenters. The van der Waals surface area contributed by atoms with Crippen LogP contribution in [0.15, 0.2) is 121 Å². The molecule has 0 bridgehead atoms. The van der Waals surface area contributed by atoms with E-state index in [9.17, 15) is 24.8 Å². The van der Waals surface area contributed by atoms with Gasteiger partial charge in [-0.3, -0.25) is 34.2 Å². The Kier molecular flexibility index (Phi) is 7.97. The van der Waals surface area contributed by atoms with Gasteiger partial charge in [-0.1, -0.05) is 84.4 Å². The fourth-order valence-corrected chi connectivity index (χ4v) is 9.24. The summed E-state index contributed by atoms with van der Waals surface area (Å²) in [5, 5.41) is 23.2. The van der Waals surface area contributed by atoms with Crippen molar-refractivity contribution in [3.63, 3.8) is 0 Å². The maximum Gasteiger partial charge on any atom is 0.269 e. The maximum atomic E-state index is 15.2. The molecule has 10 nitrogen and oxygen atoms in total. The molecule has 0 aromatic heterocycles. The lowest BCUT2D eigenvalue weighted by atomic mass is 9.44. The molecule has 4 aromatic rings. The second-order valence-corrected chi connectivity index (χ2v) is 13.7. The van der Waals surface area contributed by atoms with Gasteiger partial charge in [0.05, 0.1) is 34.5 Å². The number of hydrogen-bond acceptors (Lipinski definition) is 8. The summed E-state index contributed by atoms with van der Waals surface area (Å²) in [5.41, 5.74) is 1.11. The van der Waals surface area contributed by atoms with Crippen LogP contribution in [0, 0.1) is 33.8 Å². The molecule has 8 rings (SSSR count). The Balaban J connectivity index is 1.35. The van der Waals surface area contributed by atoms with Crippen LogP contribution in [0.1, 0.15) is 42.4 Å². The summed E-state index contributed by atoms with van der Waals surface area (Å²) in [5.74, 6) is -5.52. The van der Waals surface area contributed by atoms with Gasteiger partial charge in [-0.05, 0) is 61.1 Å². The van der Waals surface area contributed by atoms with Gasteiger partial charge in [0, 0.05) is 35.1 Å². The number of carbonyl (C=O) groups excluding carboxylic acids is 4. The van der Waals surface area contributed by atoms with Gasteiger partial charge < -0.3 is 9.84 Å². The molecule has 52 heavy (non-hydrogen) atoms. The monoisotopic (exact) mass is 694 g/mol. The fraction of sp³-hybridized carbons (Fsp3) is 0.238. The quantitative estimate of drug-likeness (QED) is 0.0971. The number of aromatic hydroxyl groups is 1. The fourth-order valence-electron chi connectivity index (χ4n) is 9.24. The summed E-state index contributed by atoms with van der Waals surface area (Å²) in [6.07, 6.45) is 3.65. The number of imide groups is 1. The molecule has 2 amide bonds. The highest BCUT2D eigenvalue weighted by Crippen LogP contribution is 2.65. The minimum absolute atomic E-state index is 0.103. The SMILES string of the molecule is CCOc1cccc(C2C3=CCC4C(=O)N(c5ccc([N+](=O)[O-])cc5)C(=O)C4C3CC3C(=O)C(c4ccccc4)=CC(=O)C32c2ccccc2)c1O. The molecule has 4 aromatic carbocycles. The summed E-state index contributed by atoms with van der Waals surface area (Å²) in [4.78, 5) is 70.7. The number of nitro benzene ring substituents is 1. The lowest BCUT2D eigenvalue weighted by molar-refractivity contribution is -0.384. The number of ketones is 2. The van der Waals surface area contributed by atoms with E-state index in [4.69, 9.17) is 4.74 Å². The van der Waals surface area contributed by atoms with Gasteiger partial charge in [-0.2, -0.15) is 0 Å². The number of para-hydroxylation sites is 1. The normalized spacial score (nSPS) is 26.6. The first-order valence-corrected chi connectivity index (χ1v) is 17.4. The lowest BCUT2D eigenvalue weighted by Gasteiger charge is -2.55. The molecule has 1 aliphatic heterocycles. The Morgan fingerprint density at radius 1 is 0.865 bits per heavy atom. The summed E-state index contributed by atoms with van der Waals surface area (Å²) < 4.78 is 5.81. The van der Waals surface area contributed by atoms with Crippen LogP contribution in [-0.4, -0.2) is 40.0 Å². The molecule has 0 radical (unpaired) electrons. The van der Waals surface area contributed by atoms with E-state index in [2.05, 4.69) is 0 Å². The zero-order valence-electron chi connectivity index (χ0n) is 28.2. The van der Waals surface area contributed by atoms with E-state index in [1.165, 1.54) is 30.3 Å². The molecule has 3 aliphatic carbocycles. The first kappa shape index (κ1) is 33.0. The van der Waals surface area contributed by atoms with Crippen molar-refractivity contribution in [2.24, 2.45) is 23.7 Å². The predicted octanol–water partition coefficient (Wildman–Crippen LogP) is 6.73. The number of nitrogens with zero attached hydrogens (tertiary/aromatic N) is 2.